The van der Waals surface area contributed by atoms with E-state index in [4.69, 9.17) is 23.2 Å². The molecule has 0 aromatic heterocycles. The molecular weight excluding hydrogens is 349 g/mol. The molecule has 1 atom stereocenters. The number of hydrogen-bond acceptors (Lipinski definition) is 1. The highest BCUT2D eigenvalue weighted by Crippen LogP contribution is 2.23. The summed E-state index contributed by atoms with van der Waals surface area (Å²) in [5, 5.41) is 3.34. The van der Waals surface area contributed by atoms with Gasteiger partial charge in [-0.15, -0.1) is 11.6 Å². The Balaban J connectivity index is 2.58. The summed E-state index contributed by atoms with van der Waals surface area (Å²) in [6.07, 6.45) is 2.04. The van der Waals surface area contributed by atoms with Crippen LogP contribution >= 0.6 is 39.1 Å². The Morgan fingerprint density at radius 1 is 1.37 bits per heavy atom. The second kappa shape index (κ2) is 8.13. The van der Waals surface area contributed by atoms with E-state index in [1.54, 1.807) is 18.2 Å². The Kier molecular flexibility index (Phi) is 7.19. The van der Waals surface area contributed by atoms with Crippen LogP contribution in [0.3, 0.4) is 0 Å². The smallest absolute Gasteiger partial charge is 0.251 e. The van der Waals surface area contributed by atoms with Gasteiger partial charge in [0.15, 0.2) is 0 Å². The highest BCUT2D eigenvalue weighted by Gasteiger charge is 2.17. The van der Waals surface area contributed by atoms with Gasteiger partial charge in [-0.3, -0.25) is 4.79 Å². The number of nitrogens with one attached hydrogen (secondary N) is 1. The molecule has 0 saturated carbocycles. The average Bonchev–Trinajstić information content (AvgIpc) is 2.40. The van der Waals surface area contributed by atoms with Crippen LogP contribution in [0.5, 0.6) is 0 Å². The number of hydrogen-bond donors (Lipinski definition) is 1. The lowest BCUT2D eigenvalue weighted by Gasteiger charge is -2.19. The number of halogens is 3. The zero-order valence-electron chi connectivity index (χ0n) is 11.1. The minimum Gasteiger partial charge on any atom is -0.351 e. The van der Waals surface area contributed by atoms with Crippen LogP contribution in [0.4, 0.5) is 0 Å². The van der Waals surface area contributed by atoms with E-state index in [2.05, 4.69) is 35.1 Å². The Hall–Kier alpha value is -0.250. The maximum Gasteiger partial charge on any atom is 0.251 e. The predicted molar refractivity (Wildman–Crippen MR) is 85.2 cm³/mol. The van der Waals surface area contributed by atoms with E-state index in [-0.39, 0.29) is 11.3 Å². The van der Waals surface area contributed by atoms with Crippen LogP contribution in [0, 0.1) is 5.92 Å². The van der Waals surface area contributed by atoms with Crippen molar-refractivity contribution in [1.29, 1.82) is 0 Å². The van der Waals surface area contributed by atoms with Crippen molar-refractivity contribution in [2.75, 3.05) is 6.54 Å². The molecule has 19 heavy (non-hydrogen) atoms. The molecule has 0 bridgehead atoms. The van der Waals surface area contributed by atoms with Gasteiger partial charge >= 0.3 is 0 Å². The van der Waals surface area contributed by atoms with E-state index in [0.29, 0.717) is 23.0 Å². The van der Waals surface area contributed by atoms with E-state index in [1.165, 1.54) is 0 Å². The van der Waals surface area contributed by atoms with E-state index in [1.807, 2.05) is 0 Å². The first-order chi connectivity index (χ1) is 8.99. The topological polar surface area (TPSA) is 29.1 Å². The van der Waals surface area contributed by atoms with Gasteiger partial charge in [0.1, 0.15) is 0 Å². The number of benzene rings is 1. The normalized spacial score (nSPS) is 12.5. The molecule has 106 valence electrons. The Morgan fingerprint density at radius 2 is 2.00 bits per heavy atom. The fourth-order valence-electron chi connectivity index (χ4n) is 1.90. The van der Waals surface area contributed by atoms with Crippen molar-refractivity contribution < 1.29 is 4.79 Å². The summed E-state index contributed by atoms with van der Waals surface area (Å²) in [5.74, 6) is 0.279. The van der Waals surface area contributed by atoms with Crippen molar-refractivity contribution in [3.05, 3.63) is 33.3 Å². The van der Waals surface area contributed by atoms with Gasteiger partial charge in [0.2, 0.25) is 0 Å². The van der Waals surface area contributed by atoms with Crippen LogP contribution in [0.2, 0.25) is 5.02 Å². The summed E-state index contributed by atoms with van der Waals surface area (Å²) in [6, 6.07) is 5.13. The summed E-state index contributed by atoms with van der Waals surface area (Å²) >= 11 is 15.5. The summed E-state index contributed by atoms with van der Waals surface area (Å²) in [7, 11) is 0. The lowest BCUT2D eigenvalue weighted by molar-refractivity contribution is 0.0951. The third kappa shape index (κ3) is 4.97. The molecule has 1 N–H and O–H groups in total. The number of carbonyl (C=O) groups excluding carboxylic acids is 1. The van der Waals surface area contributed by atoms with Gasteiger partial charge in [0, 0.05) is 16.6 Å². The zero-order valence-corrected chi connectivity index (χ0v) is 14.1. The summed E-state index contributed by atoms with van der Waals surface area (Å²) < 4.78 is 0.776. The van der Waals surface area contributed by atoms with Crippen LogP contribution in [0.15, 0.2) is 22.7 Å². The van der Waals surface area contributed by atoms with Gasteiger partial charge in [-0.1, -0.05) is 38.3 Å². The van der Waals surface area contributed by atoms with Gasteiger partial charge in [0.25, 0.3) is 5.91 Å². The molecular formula is C14H18BrCl2NO. The number of rotatable bonds is 6. The maximum atomic E-state index is 12.0. The average molecular weight is 367 g/mol. The molecule has 1 rings (SSSR count). The fraction of sp³-hybridized carbons (Fsp3) is 0.500. The summed E-state index contributed by atoms with van der Waals surface area (Å²) in [6.45, 7) is 4.69. The lowest BCUT2D eigenvalue weighted by Crippen LogP contribution is -2.33. The van der Waals surface area contributed by atoms with Gasteiger partial charge in [0.05, 0.1) is 10.4 Å². The standard InChI is InChI=1S/C14H18BrCl2NO/c1-3-9(4-2)13(17)8-18-14(19)10-5-6-11(15)12(16)7-10/h5-7,9,13H,3-4,8H2,1-2H3,(H,18,19). The van der Waals surface area contributed by atoms with E-state index >= 15 is 0 Å². The minimum atomic E-state index is -0.147. The second-order valence-electron chi connectivity index (χ2n) is 4.43. The quantitative estimate of drug-likeness (QED) is 0.714. The molecule has 2 nitrogen and oxygen atoms in total. The Bertz CT molecular complexity index is 435. The number of amides is 1. The van der Waals surface area contributed by atoms with Crippen LogP contribution < -0.4 is 5.32 Å². The van der Waals surface area contributed by atoms with Gasteiger partial charge in [-0.2, -0.15) is 0 Å². The molecule has 0 fully saturated rings. The number of carbonyl (C=O) groups is 1. The molecule has 1 unspecified atom stereocenters. The number of alkyl halides is 1. The fourth-order valence-corrected chi connectivity index (χ4v) is 2.76. The highest BCUT2D eigenvalue weighted by molar-refractivity contribution is 9.10. The summed E-state index contributed by atoms with van der Waals surface area (Å²) in [4.78, 5) is 12.0. The van der Waals surface area contributed by atoms with Crippen molar-refractivity contribution in [3.63, 3.8) is 0 Å². The third-order valence-corrected chi connectivity index (χ3v) is 4.94. The third-order valence-electron chi connectivity index (χ3n) is 3.20. The Morgan fingerprint density at radius 3 is 2.53 bits per heavy atom. The molecule has 0 aliphatic carbocycles. The van der Waals surface area contributed by atoms with Crippen molar-refractivity contribution in [1.82, 2.24) is 5.32 Å². The van der Waals surface area contributed by atoms with Crippen molar-refractivity contribution >= 4 is 45.0 Å². The molecule has 0 aliphatic heterocycles. The minimum absolute atomic E-state index is 0.0372. The molecule has 0 saturated heterocycles. The maximum absolute atomic E-state index is 12.0. The van der Waals surface area contributed by atoms with E-state index in [9.17, 15) is 4.79 Å². The Labute approximate surface area is 133 Å². The molecule has 1 aromatic carbocycles. The van der Waals surface area contributed by atoms with Crippen LogP contribution in [0.1, 0.15) is 37.0 Å². The van der Waals surface area contributed by atoms with E-state index < -0.39 is 0 Å². The first kappa shape index (κ1) is 16.8. The SMILES string of the molecule is CCC(CC)C(Cl)CNC(=O)c1ccc(Br)c(Cl)c1. The van der Waals surface area contributed by atoms with Gasteiger partial charge in [-0.25, -0.2) is 0 Å². The largest absolute Gasteiger partial charge is 0.351 e. The zero-order chi connectivity index (χ0) is 14.4. The van der Waals surface area contributed by atoms with Gasteiger partial charge in [-0.05, 0) is 40.0 Å². The van der Waals surface area contributed by atoms with Crippen LogP contribution in [0.25, 0.3) is 0 Å². The molecule has 5 heteroatoms. The molecule has 0 radical (unpaired) electrons. The molecule has 0 heterocycles. The highest BCUT2D eigenvalue weighted by atomic mass is 79.9. The van der Waals surface area contributed by atoms with Gasteiger partial charge < -0.3 is 5.32 Å². The van der Waals surface area contributed by atoms with Crippen molar-refractivity contribution in [2.45, 2.75) is 32.1 Å². The second-order valence-corrected chi connectivity index (χ2v) is 6.25. The first-order valence-corrected chi connectivity index (χ1v) is 7.97. The van der Waals surface area contributed by atoms with Crippen LogP contribution in [-0.4, -0.2) is 17.8 Å². The lowest BCUT2D eigenvalue weighted by atomic mass is 9.99. The van der Waals surface area contributed by atoms with Crippen molar-refractivity contribution in [3.8, 4) is 0 Å². The monoisotopic (exact) mass is 365 g/mol. The van der Waals surface area contributed by atoms with Crippen LogP contribution in [-0.2, 0) is 0 Å². The summed E-state index contributed by atoms with van der Waals surface area (Å²) in [5.41, 5.74) is 0.543. The van der Waals surface area contributed by atoms with Crippen molar-refractivity contribution in [2.24, 2.45) is 5.92 Å². The predicted octanol–water partition coefficient (Wildman–Crippen LogP) is 4.88. The first-order valence-electron chi connectivity index (χ1n) is 6.36. The molecule has 1 amide bonds. The van der Waals surface area contributed by atoms with E-state index in [0.717, 1.165) is 17.3 Å². The molecule has 1 aromatic rings. The molecule has 0 spiro atoms. The molecule has 0 aliphatic rings.